The molecule has 1 unspecified atom stereocenters. The highest BCUT2D eigenvalue weighted by Gasteiger charge is 2.34. The van der Waals surface area contributed by atoms with Crippen LogP contribution in [0.5, 0.6) is 0 Å². The molecule has 1 amide bonds. The molecular formula is C15H25N3O4S. The van der Waals surface area contributed by atoms with Crippen LogP contribution in [0.25, 0.3) is 0 Å². The van der Waals surface area contributed by atoms with Crippen molar-refractivity contribution in [2.24, 2.45) is 0 Å². The summed E-state index contributed by atoms with van der Waals surface area (Å²) in [5.74, 6) is 4.89. The van der Waals surface area contributed by atoms with Gasteiger partial charge in [-0.1, -0.05) is 5.92 Å². The Labute approximate surface area is 138 Å². The summed E-state index contributed by atoms with van der Waals surface area (Å²) in [6.45, 7) is 6.79. The summed E-state index contributed by atoms with van der Waals surface area (Å²) in [5.41, 5.74) is 0. The molecule has 0 saturated carbocycles. The van der Waals surface area contributed by atoms with Gasteiger partial charge in [0.1, 0.15) is 0 Å². The van der Waals surface area contributed by atoms with E-state index in [1.807, 2.05) is 0 Å². The van der Waals surface area contributed by atoms with Gasteiger partial charge in [-0.2, -0.15) is 4.31 Å². The zero-order valence-electron chi connectivity index (χ0n) is 13.8. The number of hydrogen-bond donors (Lipinski definition) is 0. The minimum Gasteiger partial charge on any atom is -0.379 e. The van der Waals surface area contributed by atoms with Crippen LogP contribution in [-0.4, -0.2) is 93.2 Å². The smallest absolute Gasteiger partial charge is 0.298 e. The summed E-state index contributed by atoms with van der Waals surface area (Å²) in [6.07, 6.45) is 1.90. The summed E-state index contributed by atoms with van der Waals surface area (Å²) in [7, 11) is -3.31. The van der Waals surface area contributed by atoms with Gasteiger partial charge in [-0.3, -0.25) is 9.69 Å². The largest absolute Gasteiger partial charge is 0.379 e. The Kier molecular flexibility index (Phi) is 6.41. The molecule has 0 aromatic heterocycles. The Morgan fingerprint density at radius 3 is 2.61 bits per heavy atom. The average Bonchev–Trinajstić information content (AvgIpc) is 2.97. The van der Waals surface area contributed by atoms with E-state index in [4.69, 9.17) is 4.74 Å². The lowest BCUT2D eigenvalue weighted by Gasteiger charge is -2.31. The topological polar surface area (TPSA) is 70.2 Å². The molecule has 8 heteroatoms. The fourth-order valence-electron chi connectivity index (χ4n) is 3.03. The Morgan fingerprint density at radius 1 is 1.30 bits per heavy atom. The molecule has 2 aliphatic heterocycles. The molecule has 130 valence electrons. The van der Waals surface area contributed by atoms with Crippen molar-refractivity contribution in [3.05, 3.63) is 0 Å². The number of carbonyl (C=O) groups is 1. The molecule has 2 fully saturated rings. The van der Waals surface area contributed by atoms with Crippen LogP contribution in [0.2, 0.25) is 0 Å². The molecule has 2 aliphatic rings. The first kappa shape index (κ1) is 18.2. The second kappa shape index (κ2) is 8.11. The van der Waals surface area contributed by atoms with Crippen LogP contribution in [0.4, 0.5) is 0 Å². The van der Waals surface area contributed by atoms with Crippen molar-refractivity contribution in [2.75, 3.05) is 58.7 Å². The molecule has 0 radical (unpaired) electrons. The van der Waals surface area contributed by atoms with Crippen LogP contribution in [0.1, 0.15) is 13.3 Å². The Balaban J connectivity index is 1.96. The number of likely N-dealkylation sites (tertiary alicyclic amines) is 1. The highest BCUT2D eigenvalue weighted by Crippen LogP contribution is 2.18. The summed E-state index contributed by atoms with van der Waals surface area (Å²) in [6, 6.07) is -0.159. The van der Waals surface area contributed by atoms with E-state index >= 15 is 0 Å². The summed E-state index contributed by atoms with van der Waals surface area (Å²) < 4.78 is 31.1. The van der Waals surface area contributed by atoms with Crippen LogP contribution in [0.15, 0.2) is 0 Å². The molecule has 1 atom stereocenters. The van der Waals surface area contributed by atoms with Gasteiger partial charge in [-0.15, -0.1) is 0 Å². The molecule has 2 rings (SSSR count). The van der Waals surface area contributed by atoms with Crippen molar-refractivity contribution < 1.29 is 17.9 Å². The van der Waals surface area contributed by atoms with Gasteiger partial charge in [0, 0.05) is 45.3 Å². The zero-order chi connectivity index (χ0) is 16.9. The van der Waals surface area contributed by atoms with Crippen molar-refractivity contribution in [3.8, 4) is 11.8 Å². The third kappa shape index (κ3) is 5.18. The van der Waals surface area contributed by atoms with E-state index in [1.54, 1.807) is 11.8 Å². The second-order valence-corrected chi connectivity index (χ2v) is 7.83. The van der Waals surface area contributed by atoms with E-state index < -0.39 is 10.0 Å². The maximum atomic E-state index is 12.1. The van der Waals surface area contributed by atoms with Crippen LogP contribution in [-0.2, 0) is 19.6 Å². The number of sulfonamides is 1. The van der Waals surface area contributed by atoms with Gasteiger partial charge in [0.2, 0.25) is 10.0 Å². The normalized spacial score (nSPS) is 22.9. The number of amides is 1. The first-order valence-corrected chi connectivity index (χ1v) is 9.75. The zero-order valence-corrected chi connectivity index (χ0v) is 14.6. The quantitative estimate of drug-likeness (QED) is 0.612. The fraction of sp³-hybridized carbons (Fsp3) is 0.800. The van der Waals surface area contributed by atoms with E-state index in [2.05, 4.69) is 16.7 Å². The van der Waals surface area contributed by atoms with Gasteiger partial charge in [-0.25, -0.2) is 8.42 Å². The average molecular weight is 343 g/mol. The third-order valence-corrected chi connectivity index (χ3v) is 5.59. The molecule has 23 heavy (non-hydrogen) atoms. The Hall–Kier alpha value is -1.14. The number of nitrogens with zero attached hydrogens (tertiary/aromatic N) is 3. The maximum Gasteiger partial charge on any atom is 0.298 e. The number of ether oxygens (including phenoxy) is 1. The first-order valence-electron chi connectivity index (χ1n) is 7.90. The molecule has 0 spiro atoms. The van der Waals surface area contributed by atoms with Crippen molar-refractivity contribution in [1.82, 2.24) is 14.1 Å². The van der Waals surface area contributed by atoms with Crippen LogP contribution >= 0.6 is 0 Å². The summed E-state index contributed by atoms with van der Waals surface area (Å²) in [5, 5.41) is 0. The SMILES string of the molecule is CC#CC(=O)N1CCC(N(CCN2CCOCC2)S(C)(=O)=O)C1. The van der Waals surface area contributed by atoms with E-state index in [0.717, 1.165) is 13.1 Å². The van der Waals surface area contributed by atoms with Crippen LogP contribution < -0.4 is 0 Å². The lowest BCUT2D eigenvalue weighted by molar-refractivity contribution is -0.124. The monoisotopic (exact) mass is 343 g/mol. The minimum atomic E-state index is -3.31. The van der Waals surface area contributed by atoms with E-state index in [0.29, 0.717) is 45.8 Å². The van der Waals surface area contributed by atoms with Gasteiger partial charge in [-0.05, 0) is 19.3 Å². The lowest BCUT2D eigenvalue weighted by atomic mass is 10.2. The second-order valence-electron chi connectivity index (χ2n) is 5.90. The standard InChI is InChI=1S/C15H25N3O4S/c1-3-4-15(19)17-6-5-14(13-17)18(23(2,20)21)8-7-16-9-11-22-12-10-16/h14H,5-13H2,1-2H3. The van der Waals surface area contributed by atoms with Gasteiger partial charge < -0.3 is 9.64 Å². The highest BCUT2D eigenvalue weighted by molar-refractivity contribution is 7.88. The van der Waals surface area contributed by atoms with E-state index in [9.17, 15) is 13.2 Å². The van der Waals surface area contributed by atoms with Gasteiger partial charge >= 0.3 is 0 Å². The molecule has 0 aliphatic carbocycles. The Bertz CT molecular complexity index is 575. The highest BCUT2D eigenvalue weighted by atomic mass is 32.2. The molecule has 2 heterocycles. The van der Waals surface area contributed by atoms with E-state index in [1.165, 1.54) is 10.6 Å². The van der Waals surface area contributed by atoms with Crippen molar-refractivity contribution in [1.29, 1.82) is 0 Å². The molecule has 0 bridgehead atoms. The van der Waals surface area contributed by atoms with Gasteiger partial charge in [0.25, 0.3) is 5.91 Å². The van der Waals surface area contributed by atoms with Crippen LogP contribution in [0, 0.1) is 11.8 Å². The van der Waals surface area contributed by atoms with Crippen molar-refractivity contribution in [3.63, 3.8) is 0 Å². The summed E-state index contributed by atoms with van der Waals surface area (Å²) in [4.78, 5) is 15.7. The molecule has 2 saturated heterocycles. The van der Waals surface area contributed by atoms with Crippen LogP contribution in [0.3, 0.4) is 0 Å². The number of hydrogen-bond acceptors (Lipinski definition) is 5. The lowest BCUT2D eigenvalue weighted by Crippen LogP contribution is -2.47. The number of rotatable bonds is 5. The van der Waals surface area contributed by atoms with Gasteiger partial charge in [0.15, 0.2) is 0 Å². The van der Waals surface area contributed by atoms with E-state index in [-0.39, 0.29) is 11.9 Å². The molecule has 0 N–H and O–H groups in total. The molecule has 0 aromatic rings. The predicted octanol–water partition coefficient (Wildman–Crippen LogP) is -0.796. The van der Waals surface area contributed by atoms with Gasteiger partial charge in [0.05, 0.1) is 19.5 Å². The maximum absolute atomic E-state index is 12.1. The predicted molar refractivity (Wildman–Crippen MR) is 87.2 cm³/mol. The fourth-order valence-corrected chi connectivity index (χ4v) is 4.16. The number of morpholine rings is 1. The van der Waals surface area contributed by atoms with Crippen molar-refractivity contribution >= 4 is 15.9 Å². The van der Waals surface area contributed by atoms with Crippen molar-refractivity contribution in [2.45, 2.75) is 19.4 Å². The number of carbonyl (C=O) groups excluding carboxylic acids is 1. The molecular weight excluding hydrogens is 318 g/mol. The molecule has 7 nitrogen and oxygen atoms in total. The first-order chi connectivity index (χ1) is 10.9. The minimum absolute atomic E-state index is 0.159. The summed E-state index contributed by atoms with van der Waals surface area (Å²) >= 11 is 0. The molecule has 0 aromatic carbocycles. The Morgan fingerprint density at radius 2 is 2.00 bits per heavy atom. The third-order valence-electron chi connectivity index (χ3n) is 4.26.